The van der Waals surface area contributed by atoms with E-state index in [1.165, 1.54) is 0 Å². The van der Waals surface area contributed by atoms with E-state index in [-0.39, 0.29) is 0 Å². The lowest BCUT2D eigenvalue weighted by Gasteiger charge is -2.28. The molecule has 4 heteroatoms. The number of aryl methyl sites for hydroxylation is 1. The molecule has 0 amide bonds. The summed E-state index contributed by atoms with van der Waals surface area (Å²) in [6.45, 7) is 7.08. The van der Waals surface area contributed by atoms with Crippen LogP contribution < -0.4 is 5.32 Å². The first-order chi connectivity index (χ1) is 7.79. The van der Waals surface area contributed by atoms with Crippen LogP contribution >= 0.6 is 0 Å². The fourth-order valence-electron chi connectivity index (χ4n) is 2.21. The van der Waals surface area contributed by atoms with Gasteiger partial charge in [0.05, 0.1) is 11.9 Å². The molecule has 0 radical (unpaired) electrons. The van der Waals surface area contributed by atoms with Gasteiger partial charge >= 0.3 is 0 Å². The van der Waals surface area contributed by atoms with E-state index in [1.807, 2.05) is 10.9 Å². The van der Waals surface area contributed by atoms with Crippen molar-refractivity contribution in [2.75, 3.05) is 18.5 Å². The standard InChI is InChI=1S/C12H21N3O/c1-3-15-9-12(8-13-15)14-10(2)11-4-6-16-7-5-11/h8-11,14H,3-7H2,1-2H3. The Labute approximate surface area is 97.0 Å². The van der Waals surface area contributed by atoms with Crippen molar-refractivity contribution >= 4 is 5.69 Å². The normalized spacial score (nSPS) is 19.6. The molecule has 0 saturated carbocycles. The Kier molecular flexibility index (Phi) is 3.83. The molecule has 1 aromatic rings. The number of anilines is 1. The maximum atomic E-state index is 5.38. The van der Waals surface area contributed by atoms with Gasteiger partial charge in [-0.3, -0.25) is 4.68 Å². The second-order valence-electron chi connectivity index (χ2n) is 4.47. The van der Waals surface area contributed by atoms with Crippen molar-refractivity contribution in [2.24, 2.45) is 5.92 Å². The number of rotatable bonds is 4. The zero-order valence-corrected chi connectivity index (χ0v) is 10.1. The summed E-state index contributed by atoms with van der Waals surface area (Å²) in [5.74, 6) is 0.721. The van der Waals surface area contributed by atoms with E-state index in [0.29, 0.717) is 6.04 Å². The summed E-state index contributed by atoms with van der Waals surface area (Å²) in [5.41, 5.74) is 1.13. The SMILES string of the molecule is CCn1cc(NC(C)C2CCOCC2)cn1. The molecule has 0 aliphatic carbocycles. The predicted octanol–water partition coefficient (Wildman–Crippen LogP) is 2.13. The molecular formula is C12H21N3O. The molecule has 2 heterocycles. The quantitative estimate of drug-likeness (QED) is 0.850. The highest BCUT2D eigenvalue weighted by atomic mass is 16.5. The van der Waals surface area contributed by atoms with Gasteiger partial charge in [-0.1, -0.05) is 0 Å². The Balaban J connectivity index is 1.87. The fraction of sp³-hybridized carbons (Fsp3) is 0.750. The van der Waals surface area contributed by atoms with Gasteiger partial charge in [-0.15, -0.1) is 0 Å². The van der Waals surface area contributed by atoms with E-state index in [1.54, 1.807) is 0 Å². The minimum absolute atomic E-state index is 0.499. The Morgan fingerprint density at radius 1 is 1.56 bits per heavy atom. The molecule has 90 valence electrons. The Bertz CT molecular complexity index is 318. The van der Waals surface area contributed by atoms with E-state index in [0.717, 1.165) is 44.2 Å². The minimum atomic E-state index is 0.499. The monoisotopic (exact) mass is 223 g/mol. The molecule has 1 aliphatic heterocycles. The number of aromatic nitrogens is 2. The first-order valence-corrected chi connectivity index (χ1v) is 6.16. The zero-order chi connectivity index (χ0) is 11.4. The number of hydrogen-bond donors (Lipinski definition) is 1. The van der Waals surface area contributed by atoms with Gasteiger partial charge in [0.15, 0.2) is 0 Å². The summed E-state index contributed by atoms with van der Waals surface area (Å²) >= 11 is 0. The summed E-state index contributed by atoms with van der Waals surface area (Å²) < 4.78 is 7.32. The molecule has 1 atom stereocenters. The molecule has 1 N–H and O–H groups in total. The van der Waals surface area contributed by atoms with Gasteiger partial charge in [0.1, 0.15) is 0 Å². The third-order valence-electron chi connectivity index (χ3n) is 3.32. The number of nitrogens with one attached hydrogen (secondary N) is 1. The van der Waals surface area contributed by atoms with E-state index in [4.69, 9.17) is 4.74 Å². The largest absolute Gasteiger partial charge is 0.381 e. The van der Waals surface area contributed by atoms with Gasteiger partial charge in [0.25, 0.3) is 0 Å². The molecule has 1 fully saturated rings. The number of hydrogen-bond acceptors (Lipinski definition) is 3. The van der Waals surface area contributed by atoms with Gasteiger partial charge in [-0.2, -0.15) is 5.10 Å². The van der Waals surface area contributed by atoms with E-state index < -0.39 is 0 Å². The Morgan fingerprint density at radius 3 is 2.94 bits per heavy atom. The first-order valence-electron chi connectivity index (χ1n) is 6.16. The minimum Gasteiger partial charge on any atom is -0.381 e. The van der Waals surface area contributed by atoms with Crippen molar-refractivity contribution in [3.05, 3.63) is 12.4 Å². The molecule has 1 saturated heterocycles. The third kappa shape index (κ3) is 2.76. The average molecular weight is 223 g/mol. The van der Waals surface area contributed by atoms with Crippen LogP contribution in [0.25, 0.3) is 0 Å². The Hall–Kier alpha value is -1.03. The van der Waals surface area contributed by atoms with Crippen LogP contribution in [0.5, 0.6) is 0 Å². The van der Waals surface area contributed by atoms with E-state index >= 15 is 0 Å². The molecule has 2 rings (SSSR count). The van der Waals surface area contributed by atoms with Crippen LogP contribution in [0.3, 0.4) is 0 Å². The lowest BCUT2D eigenvalue weighted by molar-refractivity contribution is 0.0622. The predicted molar refractivity (Wildman–Crippen MR) is 64.5 cm³/mol. The number of ether oxygens (including phenoxy) is 1. The fourth-order valence-corrected chi connectivity index (χ4v) is 2.21. The smallest absolute Gasteiger partial charge is 0.0728 e. The maximum Gasteiger partial charge on any atom is 0.0728 e. The van der Waals surface area contributed by atoms with Crippen molar-refractivity contribution in [3.8, 4) is 0 Å². The van der Waals surface area contributed by atoms with Crippen LogP contribution in [0, 0.1) is 5.92 Å². The summed E-state index contributed by atoms with van der Waals surface area (Å²) in [6.07, 6.45) is 6.29. The van der Waals surface area contributed by atoms with Gasteiger partial charge < -0.3 is 10.1 Å². The third-order valence-corrected chi connectivity index (χ3v) is 3.32. The van der Waals surface area contributed by atoms with Crippen LogP contribution in [0.15, 0.2) is 12.4 Å². The first kappa shape index (κ1) is 11.5. The van der Waals surface area contributed by atoms with Crippen LogP contribution in [0.4, 0.5) is 5.69 Å². The van der Waals surface area contributed by atoms with Gasteiger partial charge in [0, 0.05) is 32.0 Å². The summed E-state index contributed by atoms with van der Waals surface area (Å²) in [4.78, 5) is 0. The van der Waals surface area contributed by atoms with E-state index in [2.05, 4.69) is 30.5 Å². The van der Waals surface area contributed by atoms with Crippen molar-refractivity contribution < 1.29 is 4.74 Å². The zero-order valence-electron chi connectivity index (χ0n) is 10.1. The molecule has 0 aromatic carbocycles. The lowest BCUT2D eigenvalue weighted by Crippen LogP contribution is -2.30. The summed E-state index contributed by atoms with van der Waals surface area (Å²) in [6, 6.07) is 0.499. The molecular weight excluding hydrogens is 202 g/mol. The topological polar surface area (TPSA) is 39.1 Å². The van der Waals surface area contributed by atoms with Gasteiger partial charge in [-0.05, 0) is 32.6 Å². The second-order valence-corrected chi connectivity index (χ2v) is 4.47. The number of nitrogens with zero attached hydrogens (tertiary/aromatic N) is 2. The Morgan fingerprint density at radius 2 is 2.31 bits per heavy atom. The average Bonchev–Trinajstić information content (AvgIpc) is 2.78. The van der Waals surface area contributed by atoms with Crippen LogP contribution in [-0.4, -0.2) is 29.0 Å². The molecule has 0 spiro atoms. The van der Waals surface area contributed by atoms with Crippen LogP contribution in [0.2, 0.25) is 0 Å². The highest BCUT2D eigenvalue weighted by Gasteiger charge is 2.20. The van der Waals surface area contributed by atoms with Crippen LogP contribution in [0.1, 0.15) is 26.7 Å². The second kappa shape index (κ2) is 5.34. The lowest BCUT2D eigenvalue weighted by atomic mass is 9.93. The molecule has 16 heavy (non-hydrogen) atoms. The van der Waals surface area contributed by atoms with E-state index in [9.17, 15) is 0 Å². The molecule has 0 bridgehead atoms. The molecule has 1 aliphatic rings. The summed E-state index contributed by atoms with van der Waals surface area (Å²) in [7, 11) is 0. The van der Waals surface area contributed by atoms with Crippen molar-refractivity contribution in [1.82, 2.24) is 9.78 Å². The summed E-state index contributed by atoms with van der Waals surface area (Å²) in [5, 5.41) is 7.79. The molecule has 1 aromatic heterocycles. The van der Waals surface area contributed by atoms with Crippen molar-refractivity contribution in [3.63, 3.8) is 0 Å². The van der Waals surface area contributed by atoms with Gasteiger partial charge in [-0.25, -0.2) is 0 Å². The highest BCUT2D eigenvalue weighted by Crippen LogP contribution is 2.21. The van der Waals surface area contributed by atoms with Crippen molar-refractivity contribution in [2.45, 2.75) is 39.3 Å². The van der Waals surface area contributed by atoms with Crippen molar-refractivity contribution in [1.29, 1.82) is 0 Å². The molecule has 1 unspecified atom stereocenters. The molecule has 4 nitrogen and oxygen atoms in total. The highest BCUT2D eigenvalue weighted by molar-refractivity contribution is 5.39. The maximum absolute atomic E-state index is 5.38. The van der Waals surface area contributed by atoms with Gasteiger partial charge in [0.2, 0.25) is 0 Å². The van der Waals surface area contributed by atoms with Crippen LogP contribution in [-0.2, 0) is 11.3 Å².